The lowest BCUT2D eigenvalue weighted by Crippen LogP contribution is -2.43. The van der Waals surface area contributed by atoms with Crippen molar-refractivity contribution in [3.63, 3.8) is 0 Å². The number of nitrogens with zero attached hydrogens (tertiary/aromatic N) is 1. The van der Waals surface area contributed by atoms with Crippen molar-refractivity contribution in [1.82, 2.24) is 4.90 Å². The second kappa shape index (κ2) is 6.87. The van der Waals surface area contributed by atoms with Crippen LogP contribution in [0.25, 0.3) is 0 Å². The molecule has 72 valence electrons. The van der Waals surface area contributed by atoms with E-state index in [0.717, 1.165) is 6.54 Å². The van der Waals surface area contributed by atoms with Gasteiger partial charge in [-0.2, -0.15) is 0 Å². The van der Waals surface area contributed by atoms with Gasteiger partial charge in [-0.05, 0) is 6.54 Å². The molecule has 1 rings (SSSR count). The van der Waals surface area contributed by atoms with Crippen molar-refractivity contribution in [2.45, 2.75) is 6.92 Å². The normalized spacial score (nSPS) is 16.3. The summed E-state index contributed by atoms with van der Waals surface area (Å²) in [6, 6.07) is -0.349. The van der Waals surface area contributed by atoms with Crippen LogP contribution in [0.4, 0.5) is 4.79 Å². The Hall–Kier alpha value is -0.810. The third kappa shape index (κ3) is 4.92. The molecule has 1 heterocycles. The number of ether oxygens (including phenoxy) is 1. The summed E-state index contributed by atoms with van der Waals surface area (Å²) >= 11 is 0. The number of hydrogen-bond acceptors (Lipinski definition) is 3. The van der Waals surface area contributed by atoms with Gasteiger partial charge in [0.15, 0.2) is 0 Å². The number of urea groups is 1. The van der Waals surface area contributed by atoms with Crippen molar-refractivity contribution < 1.29 is 9.53 Å². The Morgan fingerprint density at radius 1 is 1.50 bits per heavy atom. The number of hydrogen-bond donors (Lipinski definition) is 2. The monoisotopic (exact) mass is 175 g/mol. The van der Waals surface area contributed by atoms with Gasteiger partial charge in [-0.15, -0.1) is 0 Å². The summed E-state index contributed by atoms with van der Waals surface area (Å²) < 4.78 is 5.00. The molecule has 0 spiro atoms. The molecule has 0 unspecified atom stereocenters. The minimum absolute atomic E-state index is 0.349. The highest BCUT2D eigenvalue weighted by Gasteiger charge is 2.12. The van der Waals surface area contributed by atoms with E-state index in [9.17, 15) is 4.79 Å². The SMILES string of the molecule is CCN.NC(=O)N1CCOCC1. The van der Waals surface area contributed by atoms with Gasteiger partial charge in [-0.3, -0.25) is 0 Å². The van der Waals surface area contributed by atoms with E-state index in [0.29, 0.717) is 26.3 Å². The summed E-state index contributed by atoms with van der Waals surface area (Å²) in [5.74, 6) is 0. The van der Waals surface area contributed by atoms with Crippen LogP contribution in [-0.4, -0.2) is 43.8 Å². The van der Waals surface area contributed by atoms with E-state index >= 15 is 0 Å². The van der Waals surface area contributed by atoms with E-state index in [2.05, 4.69) is 0 Å². The molecule has 1 saturated heterocycles. The first-order valence-electron chi connectivity index (χ1n) is 4.04. The first-order chi connectivity index (χ1) is 5.72. The average Bonchev–Trinajstić information content (AvgIpc) is 2.07. The summed E-state index contributed by atoms with van der Waals surface area (Å²) in [5, 5.41) is 0. The van der Waals surface area contributed by atoms with E-state index in [4.69, 9.17) is 16.2 Å². The zero-order chi connectivity index (χ0) is 9.40. The maximum Gasteiger partial charge on any atom is 0.314 e. The Morgan fingerprint density at radius 3 is 2.17 bits per heavy atom. The van der Waals surface area contributed by atoms with Gasteiger partial charge >= 0.3 is 6.03 Å². The van der Waals surface area contributed by atoms with Crippen LogP contribution in [0.5, 0.6) is 0 Å². The summed E-state index contributed by atoms with van der Waals surface area (Å²) in [4.78, 5) is 12.0. The average molecular weight is 175 g/mol. The highest BCUT2D eigenvalue weighted by atomic mass is 16.5. The van der Waals surface area contributed by atoms with Gasteiger partial charge in [-0.25, -0.2) is 4.79 Å². The second-order valence-electron chi connectivity index (χ2n) is 2.35. The van der Waals surface area contributed by atoms with Crippen LogP contribution in [0.2, 0.25) is 0 Å². The Labute approximate surface area is 72.6 Å². The molecule has 1 fully saturated rings. The molecule has 0 aromatic heterocycles. The van der Waals surface area contributed by atoms with Gasteiger partial charge in [0, 0.05) is 13.1 Å². The largest absolute Gasteiger partial charge is 0.378 e. The van der Waals surface area contributed by atoms with E-state index in [1.165, 1.54) is 0 Å². The lowest BCUT2D eigenvalue weighted by molar-refractivity contribution is 0.0554. The first kappa shape index (κ1) is 11.2. The van der Waals surface area contributed by atoms with Gasteiger partial charge in [0.05, 0.1) is 13.2 Å². The van der Waals surface area contributed by atoms with E-state index < -0.39 is 0 Å². The third-order valence-electron chi connectivity index (χ3n) is 1.32. The zero-order valence-electron chi connectivity index (χ0n) is 7.45. The van der Waals surface area contributed by atoms with Crippen LogP contribution in [0.3, 0.4) is 0 Å². The lowest BCUT2D eigenvalue weighted by atomic mass is 10.4. The fourth-order valence-corrected chi connectivity index (χ4v) is 0.784. The molecule has 4 N–H and O–H groups in total. The van der Waals surface area contributed by atoms with Crippen LogP contribution in [0.15, 0.2) is 0 Å². The summed E-state index contributed by atoms with van der Waals surface area (Å²) in [6.45, 7) is 5.15. The number of carbonyl (C=O) groups excluding carboxylic acids is 1. The molecule has 0 atom stereocenters. The number of carbonyl (C=O) groups is 1. The Bertz CT molecular complexity index is 124. The fraction of sp³-hybridized carbons (Fsp3) is 0.857. The minimum atomic E-state index is -0.349. The molecular weight excluding hydrogens is 158 g/mol. The first-order valence-corrected chi connectivity index (χ1v) is 4.04. The van der Waals surface area contributed by atoms with Gasteiger partial charge in [-0.1, -0.05) is 6.92 Å². The van der Waals surface area contributed by atoms with Crippen molar-refractivity contribution in [2.75, 3.05) is 32.8 Å². The molecule has 0 radical (unpaired) electrons. The van der Waals surface area contributed by atoms with Crippen molar-refractivity contribution in [2.24, 2.45) is 11.5 Å². The predicted octanol–water partition coefficient (Wildman–Crippen LogP) is -0.638. The van der Waals surface area contributed by atoms with Crippen molar-refractivity contribution in [3.8, 4) is 0 Å². The van der Waals surface area contributed by atoms with Crippen LogP contribution in [0.1, 0.15) is 6.92 Å². The summed E-state index contributed by atoms with van der Waals surface area (Å²) in [5.41, 5.74) is 9.85. The molecule has 0 aromatic rings. The van der Waals surface area contributed by atoms with Crippen LogP contribution in [-0.2, 0) is 4.74 Å². The molecule has 0 bridgehead atoms. The molecule has 0 aliphatic carbocycles. The number of amides is 2. The Kier molecular flexibility index (Phi) is 6.41. The molecule has 0 saturated carbocycles. The zero-order valence-corrected chi connectivity index (χ0v) is 7.45. The Morgan fingerprint density at radius 2 is 1.92 bits per heavy atom. The maximum absolute atomic E-state index is 10.4. The molecule has 0 aromatic carbocycles. The van der Waals surface area contributed by atoms with Gasteiger partial charge in [0.2, 0.25) is 0 Å². The summed E-state index contributed by atoms with van der Waals surface area (Å²) in [7, 11) is 0. The molecule has 1 aliphatic rings. The molecule has 1 aliphatic heterocycles. The minimum Gasteiger partial charge on any atom is -0.378 e. The van der Waals surface area contributed by atoms with Crippen molar-refractivity contribution >= 4 is 6.03 Å². The van der Waals surface area contributed by atoms with Crippen molar-refractivity contribution in [1.29, 1.82) is 0 Å². The number of rotatable bonds is 0. The number of nitrogens with two attached hydrogens (primary N) is 2. The van der Waals surface area contributed by atoms with Gasteiger partial charge in [0.1, 0.15) is 0 Å². The lowest BCUT2D eigenvalue weighted by Gasteiger charge is -2.24. The Balaban J connectivity index is 0.000000354. The molecule has 2 amide bonds. The molecular formula is C7H17N3O2. The van der Waals surface area contributed by atoms with Crippen molar-refractivity contribution in [3.05, 3.63) is 0 Å². The molecule has 12 heavy (non-hydrogen) atoms. The summed E-state index contributed by atoms with van der Waals surface area (Å²) in [6.07, 6.45) is 0. The highest BCUT2D eigenvalue weighted by Crippen LogP contribution is 1.94. The smallest absolute Gasteiger partial charge is 0.314 e. The number of morpholine rings is 1. The quantitative estimate of drug-likeness (QED) is 0.514. The van der Waals surface area contributed by atoms with Crippen LogP contribution in [0, 0.1) is 0 Å². The van der Waals surface area contributed by atoms with Gasteiger partial charge in [0.25, 0.3) is 0 Å². The van der Waals surface area contributed by atoms with E-state index in [1.807, 2.05) is 6.92 Å². The molecule has 5 nitrogen and oxygen atoms in total. The fourth-order valence-electron chi connectivity index (χ4n) is 0.784. The standard InChI is InChI=1S/C5H10N2O2.C2H7N/c6-5(8)7-1-3-9-4-2-7;1-2-3/h1-4H2,(H2,6,8);2-3H2,1H3. The van der Waals surface area contributed by atoms with E-state index in [1.54, 1.807) is 4.90 Å². The van der Waals surface area contributed by atoms with Crippen LogP contribution >= 0.6 is 0 Å². The van der Waals surface area contributed by atoms with E-state index in [-0.39, 0.29) is 6.03 Å². The predicted molar refractivity (Wildman–Crippen MR) is 46.7 cm³/mol. The van der Waals surface area contributed by atoms with Gasteiger partial charge < -0.3 is 21.1 Å². The number of primary amides is 1. The topological polar surface area (TPSA) is 81.6 Å². The third-order valence-corrected chi connectivity index (χ3v) is 1.32. The second-order valence-corrected chi connectivity index (χ2v) is 2.35. The van der Waals surface area contributed by atoms with Crippen LogP contribution < -0.4 is 11.5 Å². The maximum atomic E-state index is 10.4. The highest BCUT2D eigenvalue weighted by molar-refractivity contribution is 5.71. The molecule has 5 heteroatoms.